The van der Waals surface area contributed by atoms with E-state index in [2.05, 4.69) is 11.0 Å². The highest BCUT2D eigenvalue weighted by Gasteiger charge is 2.13. The summed E-state index contributed by atoms with van der Waals surface area (Å²) in [6.07, 6.45) is 2.57. The van der Waals surface area contributed by atoms with Gasteiger partial charge in [0.1, 0.15) is 6.07 Å². The quantitative estimate of drug-likeness (QED) is 0.799. The van der Waals surface area contributed by atoms with Gasteiger partial charge in [-0.15, -0.1) is 0 Å². The Kier molecular flexibility index (Phi) is 4.43. The number of methoxy groups -OCH3 is 1. The molecule has 0 bridgehead atoms. The van der Waals surface area contributed by atoms with Gasteiger partial charge in [-0.1, -0.05) is 6.07 Å². The topological polar surface area (TPSA) is 45.5 Å². The zero-order valence-corrected chi connectivity index (χ0v) is 10.7. The van der Waals surface area contributed by atoms with Crippen LogP contribution in [0.25, 0.3) is 0 Å². The molecule has 0 amide bonds. The van der Waals surface area contributed by atoms with Crippen molar-refractivity contribution in [3.63, 3.8) is 0 Å². The molecule has 1 aliphatic rings. The van der Waals surface area contributed by atoms with Crippen LogP contribution in [0.4, 0.5) is 0 Å². The van der Waals surface area contributed by atoms with Crippen molar-refractivity contribution >= 4 is 0 Å². The van der Waals surface area contributed by atoms with Gasteiger partial charge in [-0.05, 0) is 43.6 Å². The normalized spacial score (nSPS) is 15.3. The minimum atomic E-state index is 0.0452. The van der Waals surface area contributed by atoms with E-state index in [1.165, 1.54) is 31.5 Å². The van der Waals surface area contributed by atoms with Gasteiger partial charge in [0, 0.05) is 6.54 Å². The molecule has 1 fully saturated rings. The lowest BCUT2D eigenvalue weighted by Gasteiger charge is -2.16. The Balaban J connectivity index is 2.08. The molecular weight excluding hydrogens is 228 g/mol. The van der Waals surface area contributed by atoms with Gasteiger partial charge in [-0.25, -0.2) is 0 Å². The fourth-order valence-electron chi connectivity index (χ4n) is 2.24. The van der Waals surface area contributed by atoms with Gasteiger partial charge >= 0.3 is 0 Å². The predicted octanol–water partition coefficient (Wildman–Crippen LogP) is 2.19. The Morgan fingerprint density at radius 3 is 2.72 bits per heavy atom. The van der Waals surface area contributed by atoms with Crippen LogP contribution >= 0.6 is 0 Å². The van der Waals surface area contributed by atoms with Gasteiger partial charge < -0.3 is 9.47 Å². The average molecular weight is 246 g/mol. The van der Waals surface area contributed by atoms with Gasteiger partial charge in [-0.2, -0.15) is 5.26 Å². The lowest BCUT2D eigenvalue weighted by Crippen LogP contribution is -2.18. The number of nitrogens with zero attached hydrogens (tertiary/aromatic N) is 2. The van der Waals surface area contributed by atoms with Crippen LogP contribution in [0.15, 0.2) is 18.2 Å². The third kappa shape index (κ3) is 3.14. The molecule has 0 aliphatic carbocycles. The van der Waals surface area contributed by atoms with E-state index < -0.39 is 0 Å². The van der Waals surface area contributed by atoms with Crippen LogP contribution < -0.4 is 9.47 Å². The van der Waals surface area contributed by atoms with Crippen molar-refractivity contribution in [3.05, 3.63) is 23.8 Å². The number of ether oxygens (including phenoxy) is 2. The average Bonchev–Trinajstić information content (AvgIpc) is 2.89. The highest BCUT2D eigenvalue weighted by Crippen LogP contribution is 2.28. The summed E-state index contributed by atoms with van der Waals surface area (Å²) in [5, 5.41) is 8.57. The van der Waals surface area contributed by atoms with Crippen molar-refractivity contribution < 1.29 is 9.47 Å². The van der Waals surface area contributed by atoms with Crippen LogP contribution in [0.5, 0.6) is 11.5 Å². The second-order valence-electron chi connectivity index (χ2n) is 4.42. The molecule has 1 aromatic carbocycles. The first-order valence-electron chi connectivity index (χ1n) is 6.22. The minimum Gasteiger partial charge on any atom is -0.493 e. The van der Waals surface area contributed by atoms with Crippen molar-refractivity contribution in [1.29, 1.82) is 5.26 Å². The molecule has 2 rings (SSSR count). The zero-order valence-electron chi connectivity index (χ0n) is 10.7. The number of nitriles is 1. The molecule has 96 valence electrons. The van der Waals surface area contributed by atoms with E-state index in [1.807, 2.05) is 18.2 Å². The first-order chi connectivity index (χ1) is 8.83. The first kappa shape index (κ1) is 12.7. The van der Waals surface area contributed by atoms with Gasteiger partial charge in [0.05, 0.1) is 7.11 Å². The van der Waals surface area contributed by atoms with E-state index >= 15 is 0 Å². The molecule has 0 radical (unpaired) electrons. The lowest BCUT2D eigenvalue weighted by atomic mass is 10.2. The summed E-state index contributed by atoms with van der Waals surface area (Å²) in [6, 6.07) is 7.89. The van der Waals surface area contributed by atoms with E-state index in [-0.39, 0.29) is 6.61 Å². The monoisotopic (exact) mass is 246 g/mol. The van der Waals surface area contributed by atoms with Crippen LogP contribution in [-0.4, -0.2) is 31.7 Å². The maximum atomic E-state index is 8.57. The minimum absolute atomic E-state index is 0.0452. The zero-order chi connectivity index (χ0) is 12.8. The molecule has 0 spiro atoms. The molecular formula is C14H18N2O2. The van der Waals surface area contributed by atoms with E-state index in [1.54, 1.807) is 7.11 Å². The highest BCUT2D eigenvalue weighted by molar-refractivity contribution is 5.43. The Labute approximate surface area is 108 Å². The van der Waals surface area contributed by atoms with Crippen LogP contribution in [0, 0.1) is 11.3 Å². The Bertz CT molecular complexity index is 434. The fraction of sp³-hybridized carbons (Fsp3) is 0.500. The first-order valence-corrected chi connectivity index (χ1v) is 6.22. The summed E-state index contributed by atoms with van der Waals surface area (Å²) in [4.78, 5) is 2.43. The van der Waals surface area contributed by atoms with Crippen molar-refractivity contribution in [2.24, 2.45) is 0 Å². The van der Waals surface area contributed by atoms with Crippen LogP contribution in [0.3, 0.4) is 0 Å². The molecule has 18 heavy (non-hydrogen) atoms. The number of rotatable bonds is 5. The summed E-state index contributed by atoms with van der Waals surface area (Å²) >= 11 is 0. The van der Waals surface area contributed by atoms with Crippen molar-refractivity contribution in [3.8, 4) is 17.6 Å². The van der Waals surface area contributed by atoms with Gasteiger partial charge in [0.25, 0.3) is 0 Å². The largest absolute Gasteiger partial charge is 0.493 e. The molecule has 1 aromatic rings. The van der Waals surface area contributed by atoms with Crippen LogP contribution in [-0.2, 0) is 6.54 Å². The maximum absolute atomic E-state index is 8.57. The smallest absolute Gasteiger partial charge is 0.174 e. The molecule has 0 atom stereocenters. The molecule has 4 heteroatoms. The number of hydrogen-bond acceptors (Lipinski definition) is 4. The van der Waals surface area contributed by atoms with Crippen LogP contribution in [0.2, 0.25) is 0 Å². The molecule has 1 heterocycles. The molecule has 0 saturated carbocycles. The van der Waals surface area contributed by atoms with Gasteiger partial charge in [0.15, 0.2) is 18.1 Å². The number of likely N-dealkylation sites (tertiary alicyclic amines) is 1. The molecule has 1 saturated heterocycles. The number of benzene rings is 1. The SMILES string of the molecule is COc1ccc(CN2CCCC2)cc1OCC#N. The Morgan fingerprint density at radius 2 is 2.06 bits per heavy atom. The highest BCUT2D eigenvalue weighted by atomic mass is 16.5. The van der Waals surface area contributed by atoms with Crippen molar-refractivity contribution in [2.75, 3.05) is 26.8 Å². The van der Waals surface area contributed by atoms with E-state index in [0.29, 0.717) is 11.5 Å². The summed E-state index contributed by atoms with van der Waals surface area (Å²) in [7, 11) is 1.61. The molecule has 0 aromatic heterocycles. The molecule has 0 unspecified atom stereocenters. The van der Waals surface area contributed by atoms with E-state index in [4.69, 9.17) is 14.7 Å². The maximum Gasteiger partial charge on any atom is 0.174 e. The summed E-state index contributed by atoms with van der Waals surface area (Å²) in [5.41, 5.74) is 1.20. The second kappa shape index (κ2) is 6.27. The van der Waals surface area contributed by atoms with Crippen molar-refractivity contribution in [2.45, 2.75) is 19.4 Å². The van der Waals surface area contributed by atoms with E-state index in [0.717, 1.165) is 6.54 Å². The summed E-state index contributed by atoms with van der Waals surface area (Å²) < 4.78 is 10.6. The molecule has 1 aliphatic heterocycles. The second-order valence-corrected chi connectivity index (χ2v) is 4.42. The molecule has 4 nitrogen and oxygen atoms in total. The predicted molar refractivity (Wildman–Crippen MR) is 68.6 cm³/mol. The standard InChI is InChI=1S/C14H18N2O2/c1-17-13-5-4-12(10-14(13)18-9-6-15)11-16-7-2-3-8-16/h4-5,10H,2-3,7-9,11H2,1H3. The van der Waals surface area contributed by atoms with Gasteiger partial charge in [0.2, 0.25) is 0 Å². The Hall–Kier alpha value is -1.73. The third-order valence-corrected chi connectivity index (χ3v) is 3.13. The fourth-order valence-corrected chi connectivity index (χ4v) is 2.24. The van der Waals surface area contributed by atoms with E-state index in [9.17, 15) is 0 Å². The van der Waals surface area contributed by atoms with Gasteiger partial charge in [-0.3, -0.25) is 4.90 Å². The van der Waals surface area contributed by atoms with Crippen LogP contribution in [0.1, 0.15) is 18.4 Å². The summed E-state index contributed by atoms with van der Waals surface area (Å²) in [5.74, 6) is 1.33. The lowest BCUT2D eigenvalue weighted by molar-refractivity contribution is 0.320. The number of hydrogen-bond donors (Lipinski definition) is 0. The van der Waals surface area contributed by atoms with Crippen molar-refractivity contribution in [1.82, 2.24) is 4.90 Å². The third-order valence-electron chi connectivity index (χ3n) is 3.13. The molecule has 0 N–H and O–H groups in total. The summed E-state index contributed by atoms with van der Waals surface area (Å²) in [6.45, 7) is 3.32. The Morgan fingerprint density at radius 1 is 1.28 bits per heavy atom.